The first kappa shape index (κ1) is 16.4. The molecule has 0 spiro atoms. The number of aromatic amines is 1. The van der Waals surface area contributed by atoms with E-state index in [9.17, 15) is 9.59 Å². The molecule has 24 heavy (non-hydrogen) atoms. The molecule has 0 saturated heterocycles. The van der Waals surface area contributed by atoms with Gasteiger partial charge in [-0.1, -0.05) is 18.2 Å². The predicted molar refractivity (Wildman–Crippen MR) is 91.7 cm³/mol. The summed E-state index contributed by atoms with van der Waals surface area (Å²) < 4.78 is 5.14. The Morgan fingerprint density at radius 2 is 2.04 bits per heavy atom. The number of rotatable bonds is 2. The van der Waals surface area contributed by atoms with Crippen molar-refractivity contribution in [3.05, 3.63) is 35.5 Å². The number of hydrogen-bond donors (Lipinski definition) is 2. The molecule has 0 fully saturated rings. The summed E-state index contributed by atoms with van der Waals surface area (Å²) in [4.78, 5) is 29.1. The molecule has 1 aromatic heterocycles. The molecule has 128 valence electrons. The van der Waals surface area contributed by atoms with E-state index in [2.05, 4.69) is 16.4 Å². The highest BCUT2D eigenvalue weighted by Crippen LogP contribution is 2.27. The van der Waals surface area contributed by atoms with Gasteiger partial charge in [-0.25, -0.2) is 4.79 Å². The normalized spacial score (nSPS) is 14.4. The first-order valence-corrected chi connectivity index (χ1v) is 8.16. The van der Waals surface area contributed by atoms with Gasteiger partial charge in [-0.15, -0.1) is 0 Å². The van der Waals surface area contributed by atoms with E-state index in [1.807, 2.05) is 18.2 Å². The Balaban J connectivity index is 1.61. The average molecular weight is 329 g/mol. The van der Waals surface area contributed by atoms with Crippen molar-refractivity contribution in [2.45, 2.75) is 39.3 Å². The molecule has 2 aromatic rings. The summed E-state index contributed by atoms with van der Waals surface area (Å²) in [5.41, 5.74) is 2.89. The van der Waals surface area contributed by atoms with Crippen LogP contribution in [0.4, 0.5) is 4.79 Å². The maximum Gasteiger partial charge on any atom is 0.408 e. The summed E-state index contributed by atoms with van der Waals surface area (Å²) in [5.74, 6) is -0.106. The van der Waals surface area contributed by atoms with Crippen LogP contribution in [0.5, 0.6) is 0 Å². The third kappa shape index (κ3) is 3.53. The molecule has 0 unspecified atom stereocenters. The van der Waals surface area contributed by atoms with Crippen LogP contribution in [0, 0.1) is 0 Å². The highest BCUT2D eigenvalue weighted by Gasteiger charge is 2.24. The Kier molecular flexibility index (Phi) is 4.22. The Bertz CT molecular complexity index is 773. The van der Waals surface area contributed by atoms with Gasteiger partial charge in [0.15, 0.2) is 0 Å². The lowest BCUT2D eigenvalue weighted by Gasteiger charge is -2.27. The van der Waals surface area contributed by atoms with Crippen molar-refractivity contribution < 1.29 is 14.3 Å². The number of hydrogen-bond acceptors (Lipinski definition) is 3. The van der Waals surface area contributed by atoms with Gasteiger partial charge in [0.2, 0.25) is 5.91 Å². The number of carbonyl (C=O) groups excluding carboxylic acids is 2. The van der Waals surface area contributed by atoms with Gasteiger partial charge in [0.25, 0.3) is 0 Å². The largest absolute Gasteiger partial charge is 0.444 e. The lowest BCUT2D eigenvalue weighted by molar-refractivity contribution is -0.131. The Labute approximate surface area is 141 Å². The van der Waals surface area contributed by atoms with Crippen LogP contribution >= 0.6 is 0 Å². The van der Waals surface area contributed by atoms with E-state index in [0.717, 1.165) is 17.6 Å². The fraction of sp³-hybridized carbons (Fsp3) is 0.444. The van der Waals surface area contributed by atoms with E-state index in [1.54, 1.807) is 25.7 Å². The number of fused-ring (bicyclic) bond motifs is 3. The highest BCUT2D eigenvalue weighted by molar-refractivity contribution is 5.86. The fourth-order valence-electron chi connectivity index (χ4n) is 2.98. The molecule has 1 aliphatic rings. The molecule has 0 bridgehead atoms. The molecular weight excluding hydrogens is 306 g/mol. The molecule has 2 N–H and O–H groups in total. The second-order valence-corrected chi connectivity index (χ2v) is 7.05. The zero-order valence-electron chi connectivity index (χ0n) is 14.3. The second-order valence-electron chi connectivity index (χ2n) is 7.05. The van der Waals surface area contributed by atoms with Gasteiger partial charge in [-0.2, -0.15) is 0 Å². The van der Waals surface area contributed by atoms with Crippen LogP contribution in [-0.2, 0) is 22.5 Å². The zero-order valence-corrected chi connectivity index (χ0v) is 14.3. The molecule has 6 nitrogen and oxygen atoms in total. The average Bonchev–Trinajstić information content (AvgIpc) is 2.88. The fourth-order valence-corrected chi connectivity index (χ4v) is 2.98. The number of aromatic nitrogens is 1. The maximum atomic E-state index is 12.3. The van der Waals surface area contributed by atoms with Gasteiger partial charge in [0.05, 0.1) is 6.54 Å². The zero-order chi connectivity index (χ0) is 17.3. The minimum Gasteiger partial charge on any atom is -0.444 e. The predicted octanol–water partition coefficient (Wildman–Crippen LogP) is 2.58. The molecule has 1 aliphatic heterocycles. The lowest BCUT2D eigenvalue weighted by atomic mass is 10.0. The van der Waals surface area contributed by atoms with Crippen molar-refractivity contribution >= 4 is 22.9 Å². The summed E-state index contributed by atoms with van der Waals surface area (Å²) in [7, 11) is 0. The molecule has 1 aromatic carbocycles. The molecule has 6 heteroatoms. The van der Waals surface area contributed by atoms with Crippen molar-refractivity contribution in [3.8, 4) is 0 Å². The summed E-state index contributed by atoms with van der Waals surface area (Å²) in [6, 6.07) is 8.17. The Morgan fingerprint density at radius 3 is 2.79 bits per heavy atom. The van der Waals surface area contributed by atoms with Crippen LogP contribution in [0.25, 0.3) is 10.9 Å². The number of amides is 2. The van der Waals surface area contributed by atoms with E-state index < -0.39 is 11.7 Å². The number of nitrogens with zero attached hydrogens (tertiary/aromatic N) is 1. The summed E-state index contributed by atoms with van der Waals surface area (Å²) in [6.07, 6.45) is 0.247. The monoisotopic (exact) mass is 329 g/mol. The van der Waals surface area contributed by atoms with Crippen LogP contribution in [0.1, 0.15) is 32.0 Å². The molecular formula is C18H23N3O3. The SMILES string of the molecule is CC(C)(C)OC(=O)NCC(=O)N1CCc2c([nH]c3ccccc23)C1. The standard InChI is InChI=1S/C18H23N3O3/c1-18(2,3)24-17(23)19-10-16(22)21-9-8-13-12-6-4-5-7-14(12)20-15(13)11-21/h4-7,20H,8-11H2,1-3H3,(H,19,23). The van der Waals surface area contributed by atoms with Crippen molar-refractivity contribution in [1.82, 2.24) is 15.2 Å². The molecule has 2 heterocycles. The number of carbonyl (C=O) groups is 2. The molecule has 3 rings (SSSR count). The van der Waals surface area contributed by atoms with Gasteiger partial charge in [0.1, 0.15) is 12.1 Å². The summed E-state index contributed by atoms with van der Waals surface area (Å²) >= 11 is 0. The number of benzene rings is 1. The van der Waals surface area contributed by atoms with E-state index in [1.165, 1.54) is 10.9 Å². The molecule has 0 saturated carbocycles. The van der Waals surface area contributed by atoms with Crippen LogP contribution in [-0.4, -0.2) is 40.6 Å². The van der Waals surface area contributed by atoms with Gasteiger partial charge < -0.3 is 19.9 Å². The summed E-state index contributed by atoms with van der Waals surface area (Å²) in [5, 5.41) is 3.75. The van der Waals surface area contributed by atoms with E-state index in [-0.39, 0.29) is 12.5 Å². The second kappa shape index (κ2) is 6.19. The van der Waals surface area contributed by atoms with Gasteiger partial charge in [-0.05, 0) is 38.8 Å². The van der Waals surface area contributed by atoms with E-state index in [4.69, 9.17) is 4.74 Å². The van der Waals surface area contributed by atoms with E-state index in [0.29, 0.717) is 13.1 Å². The number of para-hydroxylation sites is 1. The van der Waals surface area contributed by atoms with E-state index >= 15 is 0 Å². The quantitative estimate of drug-likeness (QED) is 0.889. The third-order valence-corrected chi connectivity index (χ3v) is 4.02. The van der Waals surface area contributed by atoms with Crippen molar-refractivity contribution in [3.63, 3.8) is 0 Å². The third-order valence-electron chi connectivity index (χ3n) is 4.02. The summed E-state index contributed by atoms with van der Waals surface area (Å²) in [6.45, 7) is 6.51. The lowest BCUT2D eigenvalue weighted by Crippen LogP contribution is -2.43. The van der Waals surface area contributed by atoms with Crippen molar-refractivity contribution in [1.29, 1.82) is 0 Å². The topological polar surface area (TPSA) is 74.4 Å². The molecule has 0 aliphatic carbocycles. The molecule has 0 radical (unpaired) electrons. The van der Waals surface area contributed by atoms with Crippen molar-refractivity contribution in [2.75, 3.05) is 13.1 Å². The number of alkyl carbamates (subject to hydrolysis) is 1. The highest BCUT2D eigenvalue weighted by atomic mass is 16.6. The van der Waals surface area contributed by atoms with Crippen LogP contribution in [0.15, 0.2) is 24.3 Å². The molecule has 0 atom stereocenters. The van der Waals surface area contributed by atoms with Gasteiger partial charge in [0, 0.05) is 23.1 Å². The minimum absolute atomic E-state index is 0.0511. The smallest absolute Gasteiger partial charge is 0.408 e. The Hall–Kier alpha value is -2.50. The number of ether oxygens (including phenoxy) is 1. The number of nitrogens with one attached hydrogen (secondary N) is 2. The van der Waals surface area contributed by atoms with Crippen LogP contribution < -0.4 is 5.32 Å². The molecule has 2 amide bonds. The van der Waals surface area contributed by atoms with Gasteiger partial charge >= 0.3 is 6.09 Å². The first-order chi connectivity index (χ1) is 11.3. The maximum absolute atomic E-state index is 12.3. The van der Waals surface area contributed by atoms with Crippen LogP contribution in [0.2, 0.25) is 0 Å². The van der Waals surface area contributed by atoms with Crippen molar-refractivity contribution in [2.24, 2.45) is 0 Å². The first-order valence-electron chi connectivity index (χ1n) is 8.16. The van der Waals surface area contributed by atoms with Crippen LogP contribution in [0.3, 0.4) is 0 Å². The Morgan fingerprint density at radius 1 is 1.29 bits per heavy atom. The minimum atomic E-state index is -0.572. The van der Waals surface area contributed by atoms with Gasteiger partial charge in [-0.3, -0.25) is 4.79 Å². The number of H-pyrrole nitrogens is 1.